The monoisotopic (exact) mass is 253 g/mol. The minimum absolute atomic E-state index is 0.377. The number of fused-ring (bicyclic) bond motifs is 1. The van der Waals surface area contributed by atoms with Crippen molar-refractivity contribution in [1.29, 1.82) is 0 Å². The van der Waals surface area contributed by atoms with Gasteiger partial charge in [0.1, 0.15) is 0 Å². The zero-order chi connectivity index (χ0) is 13.4. The number of hydrogen-bond acceptors (Lipinski definition) is 3. The average molecular weight is 253 g/mol. The molecular weight excluding hydrogens is 238 g/mol. The third-order valence-electron chi connectivity index (χ3n) is 3.50. The predicted octanol–water partition coefficient (Wildman–Crippen LogP) is 2.06. The third-order valence-corrected chi connectivity index (χ3v) is 3.50. The van der Waals surface area contributed by atoms with Crippen molar-refractivity contribution in [1.82, 2.24) is 0 Å². The molecule has 4 nitrogen and oxygen atoms in total. The number of hydrogen-bond donors (Lipinski definition) is 2. The quantitative estimate of drug-likeness (QED) is 0.805. The van der Waals surface area contributed by atoms with Crippen LogP contribution in [0.5, 0.6) is 0 Å². The fourth-order valence-corrected chi connectivity index (χ4v) is 2.53. The maximum atomic E-state index is 11.4. The highest BCUT2D eigenvalue weighted by molar-refractivity contribution is 5.99. The summed E-state index contributed by atoms with van der Waals surface area (Å²) >= 11 is 0. The Morgan fingerprint density at radius 2 is 1.95 bits per heavy atom. The standard InChI is InChI=1S/C15H15N3O/c16-13-6-5-11(9-12(13)15(17)19)18-8-7-10-3-1-2-4-14(10)18/h1-6,9H,7-8,16H2,(H2,17,19). The van der Waals surface area contributed by atoms with Gasteiger partial charge in [-0.25, -0.2) is 0 Å². The molecule has 0 spiro atoms. The van der Waals surface area contributed by atoms with E-state index in [-0.39, 0.29) is 0 Å². The Morgan fingerprint density at radius 1 is 1.16 bits per heavy atom. The van der Waals surface area contributed by atoms with Crippen LogP contribution in [0.3, 0.4) is 0 Å². The van der Waals surface area contributed by atoms with Gasteiger partial charge in [-0.05, 0) is 36.2 Å². The number of anilines is 3. The van der Waals surface area contributed by atoms with Crippen molar-refractivity contribution in [2.24, 2.45) is 5.73 Å². The molecule has 3 rings (SSSR count). The van der Waals surface area contributed by atoms with Crippen molar-refractivity contribution in [3.8, 4) is 0 Å². The molecule has 0 fully saturated rings. The average Bonchev–Trinajstić information content (AvgIpc) is 2.83. The summed E-state index contributed by atoms with van der Waals surface area (Å²) in [6.07, 6.45) is 1.01. The Hall–Kier alpha value is -2.49. The Morgan fingerprint density at radius 3 is 2.74 bits per heavy atom. The molecule has 0 aliphatic carbocycles. The zero-order valence-electron chi connectivity index (χ0n) is 10.5. The SMILES string of the molecule is NC(=O)c1cc(N2CCc3ccccc32)ccc1N. The lowest BCUT2D eigenvalue weighted by Crippen LogP contribution is -2.17. The molecular formula is C15H15N3O. The summed E-state index contributed by atoms with van der Waals surface area (Å²) in [5.74, 6) is -0.494. The first-order valence-corrected chi connectivity index (χ1v) is 6.21. The minimum Gasteiger partial charge on any atom is -0.398 e. The molecule has 0 unspecified atom stereocenters. The number of primary amides is 1. The molecule has 19 heavy (non-hydrogen) atoms. The number of rotatable bonds is 2. The van der Waals surface area contributed by atoms with Gasteiger partial charge in [0.05, 0.1) is 5.56 Å². The van der Waals surface area contributed by atoms with Crippen LogP contribution in [0.25, 0.3) is 0 Å². The van der Waals surface area contributed by atoms with Gasteiger partial charge in [-0.15, -0.1) is 0 Å². The molecule has 2 aromatic carbocycles. The number of nitrogen functional groups attached to an aromatic ring is 1. The molecule has 4 N–H and O–H groups in total. The van der Waals surface area contributed by atoms with Gasteiger partial charge >= 0.3 is 0 Å². The molecule has 0 radical (unpaired) electrons. The maximum Gasteiger partial charge on any atom is 0.250 e. The lowest BCUT2D eigenvalue weighted by atomic mass is 10.1. The van der Waals surface area contributed by atoms with Gasteiger partial charge in [-0.3, -0.25) is 4.79 Å². The normalized spacial score (nSPS) is 13.4. The van der Waals surface area contributed by atoms with E-state index < -0.39 is 5.91 Å². The minimum atomic E-state index is -0.494. The van der Waals surface area contributed by atoms with E-state index in [1.165, 1.54) is 11.3 Å². The van der Waals surface area contributed by atoms with Crippen molar-refractivity contribution in [2.75, 3.05) is 17.2 Å². The first-order valence-electron chi connectivity index (χ1n) is 6.21. The van der Waals surface area contributed by atoms with E-state index in [4.69, 9.17) is 11.5 Å². The van der Waals surface area contributed by atoms with E-state index >= 15 is 0 Å². The van der Waals surface area contributed by atoms with Crippen LogP contribution in [-0.4, -0.2) is 12.5 Å². The van der Waals surface area contributed by atoms with Gasteiger partial charge in [-0.2, -0.15) is 0 Å². The van der Waals surface area contributed by atoms with E-state index in [1.54, 1.807) is 12.1 Å². The lowest BCUT2D eigenvalue weighted by molar-refractivity contribution is 0.100. The molecule has 0 saturated carbocycles. The second-order valence-corrected chi connectivity index (χ2v) is 4.67. The first-order chi connectivity index (χ1) is 9.16. The fourth-order valence-electron chi connectivity index (χ4n) is 2.53. The number of carbonyl (C=O) groups excluding carboxylic acids is 1. The molecule has 1 heterocycles. The second-order valence-electron chi connectivity index (χ2n) is 4.67. The predicted molar refractivity (Wildman–Crippen MR) is 76.5 cm³/mol. The van der Waals surface area contributed by atoms with Crippen molar-refractivity contribution in [2.45, 2.75) is 6.42 Å². The number of para-hydroxylation sites is 1. The number of carbonyl (C=O) groups is 1. The molecule has 0 aromatic heterocycles. The smallest absolute Gasteiger partial charge is 0.250 e. The van der Waals surface area contributed by atoms with Crippen LogP contribution in [0.15, 0.2) is 42.5 Å². The molecule has 4 heteroatoms. The second kappa shape index (κ2) is 4.31. The molecule has 0 atom stereocenters. The fraction of sp³-hybridized carbons (Fsp3) is 0.133. The molecule has 96 valence electrons. The Bertz CT molecular complexity index is 652. The maximum absolute atomic E-state index is 11.4. The van der Waals surface area contributed by atoms with Crippen LogP contribution in [0.1, 0.15) is 15.9 Å². The third kappa shape index (κ3) is 1.91. The van der Waals surface area contributed by atoms with E-state index in [0.717, 1.165) is 18.7 Å². The van der Waals surface area contributed by atoms with Crippen LogP contribution < -0.4 is 16.4 Å². The molecule has 1 amide bonds. The summed E-state index contributed by atoms with van der Waals surface area (Å²) in [6.45, 7) is 0.904. The summed E-state index contributed by atoms with van der Waals surface area (Å²) in [4.78, 5) is 13.5. The summed E-state index contributed by atoms with van der Waals surface area (Å²) in [5.41, 5.74) is 15.4. The Kier molecular flexibility index (Phi) is 2.63. The summed E-state index contributed by atoms with van der Waals surface area (Å²) in [7, 11) is 0. The van der Waals surface area contributed by atoms with Gasteiger partial charge in [0, 0.05) is 23.6 Å². The van der Waals surface area contributed by atoms with Crippen LogP contribution in [0.4, 0.5) is 17.1 Å². The van der Waals surface area contributed by atoms with E-state index in [9.17, 15) is 4.79 Å². The summed E-state index contributed by atoms with van der Waals surface area (Å²) in [6, 6.07) is 13.7. The number of amides is 1. The molecule has 0 saturated heterocycles. The van der Waals surface area contributed by atoms with Gasteiger partial charge in [0.25, 0.3) is 5.91 Å². The van der Waals surface area contributed by atoms with Crippen LogP contribution in [0, 0.1) is 0 Å². The van der Waals surface area contributed by atoms with Gasteiger partial charge < -0.3 is 16.4 Å². The topological polar surface area (TPSA) is 72.4 Å². The van der Waals surface area contributed by atoms with Crippen LogP contribution in [0.2, 0.25) is 0 Å². The van der Waals surface area contributed by atoms with E-state index in [2.05, 4.69) is 17.0 Å². The van der Waals surface area contributed by atoms with Crippen molar-refractivity contribution < 1.29 is 4.79 Å². The number of benzene rings is 2. The van der Waals surface area contributed by atoms with Gasteiger partial charge in [-0.1, -0.05) is 18.2 Å². The highest BCUT2D eigenvalue weighted by atomic mass is 16.1. The Labute approximate surface area is 111 Å². The highest BCUT2D eigenvalue weighted by Crippen LogP contribution is 2.35. The molecule has 1 aliphatic heterocycles. The number of nitrogens with two attached hydrogens (primary N) is 2. The van der Waals surface area contributed by atoms with Crippen LogP contribution in [-0.2, 0) is 6.42 Å². The molecule has 1 aliphatic rings. The van der Waals surface area contributed by atoms with Gasteiger partial charge in [0.15, 0.2) is 0 Å². The number of nitrogens with zero attached hydrogens (tertiary/aromatic N) is 1. The highest BCUT2D eigenvalue weighted by Gasteiger charge is 2.20. The summed E-state index contributed by atoms with van der Waals surface area (Å²) < 4.78 is 0. The summed E-state index contributed by atoms with van der Waals surface area (Å²) in [5, 5.41) is 0. The van der Waals surface area contributed by atoms with Crippen molar-refractivity contribution >= 4 is 23.0 Å². The van der Waals surface area contributed by atoms with E-state index in [1.807, 2.05) is 18.2 Å². The molecule has 2 aromatic rings. The zero-order valence-corrected chi connectivity index (χ0v) is 10.5. The largest absolute Gasteiger partial charge is 0.398 e. The lowest BCUT2D eigenvalue weighted by Gasteiger charge is -2.20. The van der Waals surface area contributed by atoms with Crippen molar-refractivity contribution in [3.63, 3.8) is 0 Å². The van der Waals surface area contributed by atoms with Gasteiger partial charge in [0.2, 0.25) is 0 Å². The Balaban J connectivity index is 2.05. The van der Waals surface area contributed by atoms with E-state index in [0.29, 0.717) is 11.3 Å². The van der Waals surface area contributed by atoms with Crippen LogP contribution >= 0.6 is 0 Å². The first kappa shape index (κ1) is 11.6. The molecule has 0 bridgehead atoms. The van der Waals surface area contributed by atoms with Crippen molar-refractivity contribution in [3.05, 3.63) is 53.6 Å².